The molecule has 1 N–H and O–H groups in total. The Morgan fingerprint density at radius 2 is 1.95 bits per heavy atom. The summed E-state index contributed by atoms with van der Waals surface area (Å²) in [5, 5.41) is 4.34. The van der Waals surface area contributed by atoms with E-state index in [-0.39, 0.29) is 5.91 Å². The summed E-state index contributed by atoms with van der Waals surface area (Å²) in [6.07, 6.45) is 5.90. The molecule has 106 valence electrons. The number of anilines is 1. The lowest BCUT2D eigenvalue weighted by Crippen LogP contribution is -2.13. The SMILES string of the molecule is O=C(Cc1cnc(-n2cccc2)s1)Nc1ccc(Cl)cc1. The van der Waals surface area contributed by atoms with Crippen LogP contribution in [0.4, 0.5) is 5.69 Å². The van der Waals surface area contributed by atoms with Gasteiger partial charge in [-0.3, -0.25) is 4.79 Å². The molecule has 2 heterocycles. The number of aromatic nitrogens is 2. The Kier molecular flexibility index (Phi) is 4.03. The first-order valence-electron chi connectivity index (χ1n) is 6.34. The molecule has 21 heavy (non-hydrogen) atoms. The molecule has 0 spiro atoms. The van der Waals surface area contributed by atoms with Gasteiger partial charge >= 0.3 is 0 Å². The molecule has 3 aromatic rings. The van der Waals surface area contributed by atoms with E-state index in [9.17, 15) is 4.79 Å². The molecule has 3 rings (SSSR count). The van der Waals surface area contributed by atoms with Crippen LogP contribution < -0.4 is 5.32 Å². The highest BCUT2D eigenvalue weighted by atomic mass is 35.5. The van der Waals surface area contributed by atoms with Crippen LogP contribution in [0.15, 0.2) is 55.0 Å². The molecule has 0 aliphatic heterocycles. The number of benzene rings is 1. The lowest BCUT2D eigenvalue weighted by atomic mass is 10.3. The van der Waals surface area contributed by atoms with Crippen LogP contribution in [0.3, 0.4) is 0 Å². The molecule has 1 aromatic carbocycles. The van der Waals surface area contributed by atoms with E-state index >= 15 is 0 Å². The van der Waals surface area contributed by atoms with Crippen molar-refractivity contribution in [1.82, 2.24) is 9.55 Å². The van der Waals surface area contributed by atoms with E-state index in [4.69, 9.17) is 11.6 Å². The fourth-order valence-electron chi connectivity index (χ4n) is 1.86. The predicted molar refractivity (Wildman–Crippen MR) is 85.2 cm³/mol. The maximum Gasteiger partial charge on any atom is 0.229 e. The van der Waals surface area contributed by atoms with Crippen molar-refractivity contribution >= 4 is 34.5 Å². The summed E-state index contributed by atoms with van der Waals surface area (Å²) in [7, 11) is 0. The van der Waals surface area contributed by atoms with Crippen LogP contribution in [0.5, 0.6) is 0 Å². The smallest absolute Gasteiger partial charge is 0.229 e. The third kappa shape index (κ3) is 3.51. The van der Waals surface area contributed by atoms with Gasteiger partial charge in [0, 0.05) is 34.2 Å². The molecule has 0 aliphatic carbocycles. The van der Waals surface area contributed by atoms with Crippen molar-refractivity contribution in [2.75, 3.05) is 5.32 Å². The number of hydrogen-bond acceptors (Lipinski definition) is 3. The fraction of sp³-hybridized carbons (Fsp3) is 0.0667. The Morgan fingerprint density at radius 1 is 1.24 bits per heavy atom. The second-order valence-electron chi connectivity index (χ2n) is 4.43. The molecule has 0 saturated carbocycles. The molecule has 0 atom stereocenters. The number of thiazole rings is 1. The summed E-state index contributed by atoms with van der Waals surface area (Å²) < 4.78 is 1.92. The maximum absolute atomic E-state index is 12.0. The maximum atomic E-state index is 12.0. The second-order valence-corrected chi connectivity index (χ2v) is 5.96. The zero-order chi connectivity index (χ0) is 14.7. The molecule has 0 radical (unpaired) electrons. The number of carbonyl (C=O) groups is 1. The summed E-state index contributed by atoms with van der Waals surface area (Å²) in [5.74, 6) is -0.0694. The standard InChI is InChI=1S/C15H12ClN3OS/c16-11-3-5-12(6-4-11)18-14(20)9-13-10-17-15(21-13)19-7-1-2-8-19/h1-8,10H,9H2,(H,18,20). The van der Waals surface area contributed by atoms with Gasteiger partial charge in [0.1, 0.15) is 0 Å². The van der Waals surface area contributed by atoms with Gasteiger partial charge in [-0.25, -0.2) is 4.98 Å². The van der Waals surface area contributed by atoms with Crippen LogP contribution >= 0.6 is 22.9 Å². The molecule has 0 unspecified atom stereocenters. The molecular weight excluding hydrogens is 306 g/mol. The largest absolute Gasteiger partial charge is 0.326 e. The zero-order valence-corrected chi connectivity index (χ0v) is 12.6. The highest BCUT2D eigenvalue weighted by molar-refractivity contribution is 7.14. The number of nitrogens with zero attached hydrogens (tertiary/aromatic N) is 2. The van der Waals surface area contributed by atoms with Crippen molar-refractivity contribution in [3.63, 3.8) is 0 Å². The molecule has 4 nitrogen and oxygen atoms in total. The first-order chi connectivity index (χ1) is 10.2. The number of nitrogens with one attached hydrogen (secondary N) is 1. The van der Waals surface area contributed by atoms with Gasteiger partial charge in [-0.05, 0) is 36.4 Å². The van der Waals surface area contributed by atoms with Crippen molar-refractivity contribution in [3.8, 4) is 5.13 Å². The number of rotatable bonds is 4. The minimum absolute atomic E-state index is 0.0694. The van der Waals surface area contributed by atoms with Gasteiger partial charge in [-0.1, -0.05) is 11.6 Å². The third-order valence-electron chi connectivity index (χ3n) is 2.83. The molecule has 0 aliphatic rings. The number of amides is 1. The molecule has 0 saturated heterocycles. The van der Waals surface area contributed by atoms with Gasteiger partial charge in [-0.2, -0.15) is 0 Å². The molecule has 1 amide bonds. The Balaban J connectivity index is 1.64. The first kappa shape index (κ1) is 13.9. The van der Waals surface area contributed by atoms with Crippen molar-refractivity contribution in [2.45, 2.75) is 6.42 Å². The van der Waals surface area contributed by atoms with Gasteiger partial charge in [0.25, 0.3) is 0 Å². The first-order valence-corrected chi connectivity index (χ1v) is 7.53. The number of carbonyl (C=O) groups excluding carboxylic acids is 1. The van der Waals surface area contributed by atoms with Gasteiger partial charge < -0.3 is 9.88 Å². The topological polar surface area (TPSA) is 46.9 Å². The summed E-state index contributed by atoms with van der Waals surface area (Å²) in [6, 6.07) is 10.9. The van der Waals surface area contributed by atoms with Crippen molar-refractivity contribution in [2.24, 2.45) is 0 Å². The van der Waals surface area contributed by atoms with E-state index in [0.29, 0.717) is 11.4 Å². The van der Waals surface area contributed by atoms with Crippen LogP contribution in [-0.2, 0) is 11.2 Å². The normalized spacial score (nSPS) is 10.5. The van der Waals surface area contributed by atoms with Gasteiger partial charge in [0.15, 0.2) is 5.13 Å². The number of halogens is 1. The van der Waals surface area contributed by atoms with Crippen molar-refractivity contribution < 1.29 is 4.79 Å². The van der Waals surface area contributed by atoms with Gasteiger partial charge in [0.2, 0.25) is 5.91 Å². The Morgan fingerprint density at radius 3 is 2.67 bits per heavy atom. The molecule has 6 heteroatoms. The lowest BCUT2D eigenvalue weighted by Gasteiger charge is -2.03. The van der Waals surface area contributed by atoms with E-state index in [1.807, 2.05) is 29.1 Å². The predicted octanol–water partition coefficient (Wildman–Crippen LogP) is 3.77. The highest BCUT2D eigenvalue weighted by Gasteiger charge is 2.08. The van der Waals surface area contributed by atoms with Crippen LogP contribution in [0, 0.1) is 0 Å². The third-order valence-corrected chi connectivity index (χ3v) is 4.09. The zero-order valence-electron chi connectivity index (χ0n) is 11.0. The Labute approximate surface area is 131 Å². The second kappa shape index (κ2) is 6.11. The molecule has 0 fully saturated rings. The Bertz CT molecular complexity index is 735. The molecule has 2 aromatic heterocycles. The van der Waals surface area contributed by atoms with Crippen LogP contribution in [-0.4, -0.2) is 15.5 Å². The molecule has 0 bridgehead atoms. The van der Waals surface area contributed by atoms with Crippen LogP contribution in [0.1, 0.15) is 4.88 Å². The van der Waals surface area contributed by atoms with Crippen molar-refractivity contribution in [3.05, 3.63) is 64.9 Å². The van der Waals surface area contributed by atoms with Gasteiger partial charge in [0.05, 0.1) is 6.42 Å². The average Bonchev–Trinajstić information content (AvgIpc) is 3.12. The number of hydrogen-bond donors (Lipinski definition) is 1. The van der Waals surface area contributed by atoms with E-state index in [1.165, 1.54) is 11.3 Å². The van der Waals surface area contributed by atoms with E-state index in [2.05, 4.69) is 10.3 Å². The van der Waals surface area contributed by atoms with Crippen LogP contribution in [0.25, 0.3) is 5.13 Å². The molecular formula is C15H12ClN3OS. The summed E-state index contributed by atoms with van der Waals surface area (Å²) in [4.78, 5) is 17.2. The highest BCUT2D eigenvalue weighted by Crippen LogP contribution is 2.19. The summed E-state index contributed by atoms with van der Waals surface area (Å²) >= 11 is 7.31. The minimum Gasteiger partial charge on any atom is -0.326 e. The quantitative estimate of drug-likeness (QED) is 0.796. The van der Waals surface area contributed by atoms with Gasteiger partial charge in [-0.15, -0.1) is 11.3 Å². The van der Waals surface area contributed by atoms with E-state index in [0.717, 1.165) is 15.7 Å². The lowest BCUT2D eigenvalue weighted by molar-refractivity contribution is -0.115. The van der Waals surface area contributed by atoms with Crippen molar-refractivity contribution in [1.29, 1.82) is 0 Å². The monoisotopic (exact) mass is 317 g/mol. The minimum atomic E-state index is -0.0694. The van der Waals surface area contributed by atoms with E-state index in [1.54, 1.807) is 30.5 Å². The summed E-state index contributed by atoms with van der Waals surface area (Å²) in [6.45, 7) is 0. The van der Waals surface area contributed by atoms with Crippen LogP contribution in [0.2, 0.25) is 5.02 Å². The fourth-order valence-corrected chi connectivity index (χ4v) is 2.86. The summed E-state index contributed by atoms with van der Waals surface area (Å²) in [5.41, 5.74) is 0.736. The Hall–Kier alpha value is -2.11. The average molecular weight is 318 g/mol. The van der Waals surface area contributed by atoms with E-state index < -0.39 is 0 Å².